The van der Waals surface area contributed by atoms with Crippen molar-refractivity contribution in [3.63, 3.8) is 0 Å². The van der Waals surface area contributed by atoms with Crippen molar-refractivity contribution in [3.05, 3.63) is 9.85 Å². The molecular weight excluding hydrogens is 244 g/mol. The first-order valence-electron chi connectivity index (χ1n) is 3.93. The molecule has 1 heterocycles. The van der Waals surface area contributed by atoms with Crippen LogP contribution < -0.4 is 5.32 Å². The van der Waals surface area contributed by atoms with Gasteiger partial charge in [0.2, 0.25) is 0 Å². The average Bonchev–Trinajstić information content (AvgIpc) is 2.45. The van der Waals surface area contributed by atoms with Crippen LogP contribution in [0.3, 0.4) is 0 Å². The molecule has 4 nitrogen and oxygen atoms in total. The molecule has 0 aliphatic rings. The molecule has 1 N–H and O–H groups in total. The third kappa shape index (κ3) is 3.43. The first-order chi connectivity index (χ1) is 6.39. The largest absolute Gasteiger partial charge is 0.368 e. The normalized spacial score (nSPS) is 13.9. The molecule has 0 aliphatic heterocycles. The molecule has 80 valence electrons. The van der Waals surface area contributed by atoms with Crippen molar-refractivity contribution in [2.75, 3.05) is 18.1 Å². The molecular formula is C7H11ClN2O2S2. The van der Waals surface area contributed by atoms with Gasteiger partial charge in [-0.1, -0.05) is 11.6 Å². The number of anilines is 1. The fraction of sp³-hybridized carbons (Fsp3) is 0.571. The number of halogens is 1. The average molecular weight is 255 g/mol. The Hall–Kier alpha value is -0.330. The Morgan fingerprint density at radius 3 is 2.79 bits per heavy atom. The summed E-state index contributed by atoms with van der Waals surface area (Å²) in [7, 11) is -2.99. The van der Waals surface area contributed by atoms with E-state index in [2.05, 4.69) is 10.3 Å². The maximum atomic E-state index is 11.1. The van der Waals surface area contributed by atoms with Gasteiger partial charge in [0.25, 0.3) is 0 Å². The molecule has 1 rings (SSSR count). The third-order valence-corrected chi connectivity index (χ3v) is 4.38. The van der Waals surface area contributed by atoms with Crippen LogP contribution in [0, 0.1) is 0 Å². The Kier molecular flexibility index (Phi) is 3.74. The number of thiazole rings is 1. The number of nitrogens with one attached hydrogen (secondary N) is 1. The van der Waals surface area contributed by atoms with Crippen molar-refractivity contribution in [3.8, 4) is 0 Å². The molecule has 1 atom stereocenters. The zero-order valence-corrected chi connectivity index (χ0v) is 10.2. The zero-order valence-electron chi connectivity index (χ0n) is 7.82. The summed E-state index contributed by atoms with van der Waals surface area (Å²) < 4.78 is 22.6. The number of nitrogens with zero attached hydrogens (tertiary/aromatic N) is 1. The number of sulfone groups is 1. The van der Waals surface area contributed by atoms with Crippen LogP contribution in [0.4, 0.5) is 5.82 Å². The van der Waals surface area contributed by atoms with Crippen molar-refractivity contribution >= 4 is 38.6 Å². The second kappa shape index (κ2) is 4.46. The standard InChI is InChI=1S/C7H11ClN2O2S2/c1-5(14(2,11)12)3-9-6-4-13-7(8)10-6/h4-5,9H,3H2,1-2H3. The molecule has 7 heteroatoms. The van der Waals surface area contributed by atoms with E-state index in [-0.39, 0.29) is 0 Å². The van der Waals surface area contributed by atoms with Gasteiger partial charge in [-0.2, -0.15) is 0 Å². The fourth-order valence-electron chi connectivity index (χ4n) is 0.733. The molecule has 0 aliphatic carbocycles. The SMILES string of the molecule is CC(CNc1csc(Cl)n1)S(C)(=O)=O. The van der Waals surface area contributed by atoms with Crippen LogP contribution in [0.1, 0.15) is 6.92 Å². The maximum absolute atomic E-state index is 11.1. The summed E-state index contributed by atoms with van der Waals surface area (Å²) >= 11 is 6.92. The Balaban J connectivity index is 2.50. The van der Waals surface area contributed by atoms with Crippen molar-refractivity contribution < 1.29 is 8.42 Å². The highest BCUT2D eigenvalue weighted by Crippen LogP contribution is 2.18. The van der Waals surface area contributed by atoms with Crippen LogP contribution in [-0.4, -0.2) is 31.5 Å². The van der Waals surface area contributed by atoms with E-state index in [0.29, 0.717) is 16.8 Å². The predicted octanol–water partition coefficient (Wildman–Crippen LogP) is 1.64. The van der Waals surface area contributed by atoms with Gasteiger partial charge in [-0.25, -0.2) is 13.4 Å². The van der Waals surface area contributed by atoms with E-state index in [1.54, 1.807) is 12.3 Å². The van der Waals surface area contributed by atoms with Gasteiger partial charge in [0.15, 0.2) is 14.3 Å². The lowest BCUT2D eigenvalue weighted by Gasteiger charge is -2.09. The minimum Gasteiger partial charge on any atom is -0.368 e. The minimum absolute atomic E-state index is 0.346. The topological polar surface area (TPSA) is 59.1 Å². The molecule has 0 bridgehead atoms. The van der Waals surface area contributed by atoms with Crippen LogP contribution in [0.15, 0.2) is 5.38 Å². The molecule has 0 fully saturated rings. The smallest absolute Gasteiger partial charge is 0.185 e. The van der Waals surface area contributed by atoms with Gasteiger partial charge in [0.05, 0.1) is 5.25 Å². The van der Waals surface area contributed by atoms with E-state index >= 15 is 0 Å². The summed E-state index contributed by atoms with van der Waals surface area (Å²) in [5.41, 5.74) is 0. The molecule has 1 unspecified atom stereocenters. The quantitative estimate of drug-likeness (QED) is 0.888. The summed E-state index contributed by atoms with van der Waals surface area (Å²) in [4.78, 5) is 3.94. The van der Waals surface area contributed by atoms with Gasteiger partial charge in [-0.05, 0) is 6.92 Å². The Morgan fingerprint density at radius 1 is 1.71 bits per heavy atom. The van der Waals surface area contributed by atoms with Crippen molar-refractivity contribution in [1.29, 1.82) is 0 Å². The van der Waals surface area contributed by atoms with E-state index in [4.69, 9.17) is 11.6 Å². The van der Waals surface area contributed by atoms with Crippen LogP contribution in [0.25, 0.3) is 0 Å². The molecule has 1 aromatic rings. The maximum Gasteiger partial charge on any atom is 0.185 e. The third-order valence-electron chi connectivity index (χ3n) is 1.78. The number of aromatic nitrogens is 1. The van der Waals surface area contributed by atoms with Crippen molar-refractivity contribution in [2.45, 2.75) is 12.2 Å². The number of rotatable bonds is 4. The lowest BCUT2D eigenvalue weighted by Crippen LogP contribution is -2.25. The van der Waals surface area contributed by atoms with Crippen LogP contribution >= 0.6 is 22.9 Å². The number of hydrogen-bond donors (Lipinski definition) is 1. The molecule has 0 spiro atoms. The van der Waals surface area contributed by atoms with Gasteiger partial charge in [0.1, 0.15) is 5.82 Å². The van der Waals surface area contributed by atoms with Gasteiger partial charge in [0, 0.05) is 18.2 Å². The molecule has 1 aromatic heterocycles. The summed E-state index contributed by atoms with van der Waals surface area (Å²) in [5.74, 6) is 0.621. The first kappa shape index (κ1) is 11.7. The highest BCUT2D eigenvalue weighted by molar-refractivity contribution is 7.91. The zero-order chi connectivity index (χ0) is 10.8. The first-order valence-corrected chi connectivity index (χ1v) is 7.14. The van der Waals surface area contributed by atoms with Crippen molar-refractivity contribution in [1.82, 2.24) is 4.98 Å². The van der Waals surface area contributed by atoms with Crippen LogP contribution in [0.5, 0.6) is 0 Å². The van der Waals surface area contributed by atoms with Gasteiger partial charge in [-0.3, -0.25) is 0 Å². The second-order valence-corrected chi connectivity index (χ2v) is 6.91. The van der Waals surface area contributed by atoms with Crippen molar-refractivity contribution in [2.24, 2.45) is 0 Å². The molecule has 0 saturated heterocycles. The van der Waals surface area contributed by atoms with Gasteiger partial charge < -0.3 is 5.32 Å². The summed E-state index contributed by atoms with van der Waals surface area (Å²) in [6, 6.07) is 0. The lowest BCUT2D eigenvalue weighted by atomic mass is 10.5. The van der Waals surface area contributed by atoms with E-state index in [1.165, 1.54) is 17.6 Å². The highest BCUT2D eigenvalue weighted by Gasteiger charge is 2.14. The summed E-state index contributed by atoms with van der Waals surface area (Å²) in [5, 5.41) is 4.23. The van der Waals surface area contributed by atoms with Gasteiger partial charge in [-0.15, -0.1) is 11.3 Å². The molecule has 14 heavy (non-hydrogen) atoms. The molecule has 0 radical (unpaired) electrons. The Morgan fingerprint density at radius 2 is 2.36 bits per heavy atom. The monoisotopic (exact) mass is 254 g/mol. The minimum atomic E-state index is -2.99. The van der Waals surface area contributed by atoms with Crippen LogP contribution in [-0.2, 0) is 9.84 Å². The van der Waals surface area contributed by atoms with E-state index < -0.39 is 15.1 Å². The summed E-state index contributed by atoms with van der Waals surface area (Å²) in [6.07, 6.45) is 1.22. The van der Waals surface area contributed by atoms with Crippen LogP contribution in [0.2, 0.25) is 4.47 Å². The fourth-order valence-corrected chi connectivity index (χ4v) is 1.84. The molecule has 0 amide bonds. The lowest BCUT2D eigenvalue weighted by molar-refractivity contribution is 0.591. The molecule has 0 saturated carbocycles. The highest BCUT2D eigenvalue weighted by atomic mass is 35.5. The Bertz CT molecular complexity index is 402. The predicted molar refractivity (Wildman–Crippen MR) is 59.9 cm³/mol. The van der Waals surface area contributed by atoms with E-state index in [9.17, 15) is 8.42 Å². The number of hydrogen-bond acceptors (Lipinski definition) is 5. The van der Waals surface area contributed by atoms with E-state index in [0.717, 1.165) is 0 Å². The Labute approximate surface area is 92.2 Å². The van der Waals surface area contributed by atoms with Gasteiger partial charge >= 0.3 is 0 Å². The second-order valence-electron chi connectivity index (χ2n) is 3.01. The molecule has 0 aromatic carbocycles. The van der Waals surface area contributed by atoms with E-state index in [1.807, 2.05) is 0 Å². The summed E-state index contributed by atoms with van der Waals surface area (Å²) in [6.45, 7) is 2.00.